The van der Waals surface area contributed by atoms with Crippen LogP contribution < -0.4 is 29.6 Å². The number of allylic oxidation sites excluding steroid dienone is 1. The summed E-state index contributed by atoms with van der Waals surface area (Å²) in [7, 11) is -2.46. The number of nitrogens with zero attached hydrogens (tertiary/aromatic N) is 2. The number of sulfonamides is 1. The zero-order valence-electron chi connectivity index (χ0n) is 30.7. The smallest absolute Gasteiger partial charge is 0.405 e. The van der Waals surface area contributed by atoms with Gasteiger partial charge in [0.15, 0.2) is 0 Å². The van der Waals surface area contributed by atoms with E-state index < -0.39 is 74.1 Å². The lowest BCUT2D eigenvalue weighted by molar-refractivity contribution is -0.142. The van der Waals surface area contributed by atoms with Crippen LogP contribution >= 0.6 is 0 Å². The average molecular weight is 756 g/mol. The Kier molecular flexibility index (Phi) is 10.6. The van der Waals surface area contributed by atoms with E-state index in [2.05, 4.69) is 20.3 Å². The largest absolute Gasteiger partial charge is 0.497 e. The van der Waals surface area contributed by atoms with Crippen molar-refractivity contribution in [1.82, 2.24) is 25.2 Å². The molecular formula is C37H49N5O10S. The van der Waals surface area contributed by atoms with Gasteiger partial charge in [0.05, 0.1) is 31.2 Å². The molecule has 1 aromatic carbocycles. The Morgan fingerprint density at radius 2 is 1.91 bits per heavy atom. The number of amides is 4. The van der Waals surface area contributed by atoms with Gasteiger partial charge in [0, 0.05) is 23.1 Å². The molecule has 0 radical (unpaired) electrons. The molecule has 4 N–H and O–H groups in total. The lowest BCUT2D eigenvalue weighted by Gasteiger charge is -2.32. The van der Waals surface area contributed by atoms with E-state index in [9.17, 15) is 32.7 Å². The number of ether oxygens (including phenoxy) is 3. The predicted molar refractivity (Wildman–Crippen MR) is 194 cm³/mol. The maximum Gasteiger partial charge on any atom is 0.405 e. The molecule has 0 unspecified atom stereocenters. The number of carboxylic acid groups (broad SMARTS) is 1. The van der Waals surface area contributed by atoms with Crippen molar-refractivity contribution in [2.24, 2.45) is 17.8 Å². The second kappa shape index (κ2) is 14.7. The number of fused-ring (bicyclic) bond motifs is 3. The SMILES string of the molecule is CCOc1cnc(O[C@@H]2C[C@H]3C(=O)N[C@]4(C(=O)NS(=O)(=O)C5(C)CC5)C[C@H]4C=CCC[C@H](C)C[C@@H](C)[C@H](NC(=O)O)C(=O)N3C2)c2ccc(OC)cc12. The molecule has 15 nitrogen and oxygen atoms in total. The molecule has 1 saturated heterocycles. The molecule has 3 heterocycles. The number of methoxy groups -OCH3 is 1. The number of aromatic nitrogens is 1. The molecule has 7 atom stereocenters. The summed E-state index contributed by atoms with van der Waals surface area (Å²) in [5, 5.41) is 16.3. The van der Waals surface area contributed by atoms with Crippen LogP contribution in [0.3, 0.4) is 0 Å². The highest BCUT2D eigenvalue weighted by atomic mass is 32.2. The van der Waals surface area contributed by atoms with Crippen LogP contribution in [-0.4, -0.2) is 96.0 Å². The zero-order valence-corrected chi connectivity index (χ0v) is 31.5. The van der Waals surface area contributed by atoms with Gasteiger partial charge in [-0.2, -0.15) is 0 Å². The molecule has 3 fully saturated rings. The predicted octanol–water partition coefficient (Wildman–Crippen LogP) is 3.51. The highest BCUT2D eigenvalue weighted by Crippen LogP contribution is 2.47. The van der Waals surface area contributed by atoms with Gasteiger partial charge >= 0.3 is 6.09 Å². The van der Waals surface area contributed by atoms with Crippen molar-refractivity contribution in [3.8, 4) is 17.4 Å². The summed E-state index contributed by atoms with van der Waals surface area (Å²) in [5.41, 5.74) is -1.55. The van der Waals surface area contributed by atoms with Crippen LogP contribution in [0.1, 0.15) is 72.6 Å². The molecule has 53 heavy (non-hydrogen) atoms. The monoisotopic (exact) mass is 755 g/mol. The van der Waals surface area contributed by atoms with Crippen LogP contribution in [0.5, 0.6) is 17.4 Å². The summed E-state index contributed by atoms with van der Waals surface area (Å²) < 4.78 is 45.1. The normalized spacial score (nSPS) is 29.8. The molecule has 2 saturated carbocycles. The Hall–Kier alpha value is -4.60. The van der Waals surface area contributed by atoms with Gasteiger partial charge in [-0.3, -0.25) is 19.1 Å². The Bertz CT molecular complexity index is 1920. The molecule has 2 aliphatic carbocycles. The number of carbonyl (C=O) groups excluding carboxylic acids is 3. The van der Waals surface area contributed by atoms with Crippen LogP contribution in [0.25, 0.3) is 10.8 Å². The third kappa shape index (κ3) is 7.73. The van der Waals surface area contributed by atoms with Crippen molar-refractivity contribution >= 4 is 44.6 Å². The first kappa shape index (κ1) is 38.1. The third-order valence-corrected chi connectivity index (χ3v) is 13.3. The number of pyridine rings is 1. The highest BCUT2D eigenvalue weighted by Gasteiger charge is 2.63. The summed E-state index contributed by atoms with van der Waals surface area (Å²) in [4.78, 5) is 60.4. The minimum absolute atomic E-state index is 0.0107. The Morgan fingerprint density at radius 3 is 2.58 bits per heavy atom. The van der Waals surface area contributed by atoms with Crippen molar-refractivity contribution in [2.75, 3.05) is 20.3 Å². The molecule has 0 spiro atoms. The Labute approximate surface area is 309 Å². The molecular weight excluding hydrogens is 706 g/mol. The van der Waals surface area contributed by atoms with Crippen LogP contribution in [-0.2, 0) is 24.4 Å². The third-order valence-electron chi connectivity index (χ3n) is 11.1. The first-order valence-electron chi connectivity index (χ1n) is 18.2. The van der Waals surface area contributed by atoms with Gasteiger partial charge in [0.25, 0.3) is 5.91 Å². The van der Waals surface area contributed by atoms with Gasteiger partial charge in [-0.15, -0.1) is 0 Å². The number of hydrogen-bond acceptors (Lipinski definition) is 10. The van der Waals surface area contributed by atoms with Crippen molar-refractivity contribution in [3.05, 3.63) is 36.5 Å². The van der Waals surface area contributed by atoms with Crippen LogP contribution in [0.4, 0.5) is 4.79 Å². The fraction of sp³-hybridized carbons (Fsp3) is 0.595. The van der Waals surface area contributed by atoms with Crippen molar-refractivity contribution in [2.45, 2.75) is 101 Å². The summed E-state index contributed by atoms with van der Waals surface area (Å²) in [6, 6.07) is 2.98. The van der Waals surface area contributed by atoms with Crippen molar-refractivity contribution in [1.29, 1.82) is 0 Å². The number of carbonyl (C=O) groups is 4. The molecule has 0 bridgehead atoms. The number of nitrogens with one attached hydrogen (secondary N) is 3. The van der Waals surface area contributed by atoms with E-state index in [-0.39, 0.29) is 31.2 Å². The van der Waals surface area contributed by atoms with Gasteiger partial charge in [0.2, 0.25) is 27.7 Å². The Morgan fingerprint density at radius 1 is 1.15 bits per heavy atom. The summed E-state index contributed by atoms with van der Waals surface area (Å²) in [5.74, 6) is -1.53. The summed E-state index contributed by atoms with van der Waals surface area (Å²) in [6.45, 7) is 7.58. The fourth-order valence-corrected chi connectivity index (χ4v) is 8.86. The zero-order chi connectivity index (χ0) is 38.3. The Balaban J connectivity index is 1.35. The minimum atomic E-state index is -4.01. The minimum Gasteiger partial charge on any atom is -0.497 e. The van der Waals surface area contributed by atoms with E-state index in [1.54, 1.807) is 32.2 Å². The molecule has 4 aliphatic rings. The average Bonchev–Trinajstić information content (AvgIpc) is 3.99. The van der Waals surface area contributed by atoms with Gasteiger partial charge in [-0.1, -0.05) is 26.0 Å². The lowest BCUT2D eigenvalue weighted by atomic mass is 9.88. The van der Waals surface area contributed by atoms with Gasteiger partial charge in [0.1, 0.15) is 35.2 Å². The van der Waals surface area contributed by atoms with Crippen LogP contribution in [0.15, 0.2) is 36.5 Å². The van der Waals surface area contributed by atoms with E-state index in [0.717, 1.165) is 6.42 Å². The molecule has 288 valence electrons. The second-order valence-electron chi connectivity index (χ2n) is 15.2. The van der Waals surface area contributed by atoms with Crippen LogP contribution in [0.2, 0.25) is 0 Å². The summed E-state index contributed by atoms with van der Waals surface area (Å²) >= 11 is 0. The van der Waals surface area contributed by atoms with Gasteiger partial charge in [-0.05, 0) is 82.4 Å². The van der Waals surface area contributed by atoms with Crippen molar-refractivity contribution < 1.29 is 46.9 Å². The van der Waals surface area contributed by atoms with Crippen molar-refractivity contribution in [3.63, 3.8) is 0 Å². The lowest BCUT2D eigenvalue weighted by Crippen LogP contribution is -2.59. The van der Waals surface area contributed by atoms with E-state index in [1.807, 2.05) is 32.9 Å². The second-order valence-corrected chi connectivity index (χ2v) is 17.4. The molecule has 2 aromatic rings. The molecule has 1 aromatic heterocycles. The van der Waals surface area contributed by atoms with Crippen LogP contribution in [0, 0.1) is 17.8 Å². The van der Waals surface area contributed by atoms with E-state index in [4.69, 9.17) is 14.2 Å². The van der Waals surface area contributed by atoms with E-state index in [1.165, 1.54) is 11.1 Å². The number of benzene rings is 1. The number of hydrogen-bond donors (Lipinski definition) is 4. The highest BCUT2D eigenvalue weighted by molar-refractivity contribution is 7.91. The quantitative estimate of drug-likeness (QED) is 0.273. The topological polar surface area (TPSA) is 203 Å². The summed E-state index contributed by atoms with van der Waals surface area (Å²) in [6.07, 6.45) is 6.09. The van der Waals surface area contributed by atoms with E-state index in [0.29, 0.717) is 54.6 Å². The number of rotatable bonds is 9. The molecule has 16 heteroatoms. The molecule has 4 amide bonds. The molecule has 2 aliphatic heterocycles. The first-order valence-corrected chi connectivity index (χ1v) is 19.7. The fourth-order valence-electron chi connectivity index (χ4n) is 7.55. The maximum atomic E-state index is 14.4. The standard InChI is InChI=1S/C37H49N5O10S/c1-6-51-29-19-38-32(26-12-11-24(50-5)16-27(26)29)52-25-17-28-31(43)40-37(34(45)41-53(48,49)36(4)13-14-36)18-23(37)10-8-7-9-21(2)15-22(3)30(39-35(46)47)33(44)42(28)20-25/h8,10-12,16,19,21-23,25,28,30,39H,6-7,9,13-15,17-18,20H2,1-5H3,(H,40,43)(H,41,45)(H,46,47)/t21-,22+,23+,25+,28-,30-,37+/m0/s1. The van der Waals surface area contributed by atoms with E-state index >= 15 is 0 Å². The maximum absolute atomic E-state index is 14.4. The first-order chi connectivity index (χ1) is 25.1. The van der Waals surface area contributed by atoms with Gasteiger partial charge < -0.3 is 34.9 Å². The molecule has 6 rings (SSSR count). The van der Waals surface area contributed by atoms with Gasteiger partial charge in [-0.25, -0.2) is 18.2 Å².